The van der Waals surface area contributed by atoms with E-state index >= 15 is 0 Å². The first-order valence-electron chi connectivity index (χ1n) is 13.7. The molecule has 4 rings (SSSR count). The van der Waals surface area contributed by atoms with Gasteiger partial charge < -0.3 is 25.7 Å². The van der Waals surface area contributed by atoms with E-state index in [0.29, 0.717) is 31.4 Å². The summed E-state index contributed by atoms with van der Waals surface area (Å²) >= 11 is 0. The van der Waals surface area contributed by atoms with Crippen molar-refractivity contribution in [3.8, 4) is 5.75 Å². The lowest BCUT2D eigenvalue weighted by molar-refractivity contribution is 0.127. The van der Waals surface area contributed by atoms with Crippen LogP contribution in [0, 0.1) is 11.6 Å². The molecule has 0 bridgehead atoms. The lowest BCUT2D eigenvalue weighted by Crippen LogP contribution is -2.52. The van der Waals surface area contributed by atoms with E-state index in [1.54, 1.807) is 0 Å². The molecule has 1 saturated carbocycles. The van der Waals surface area contributed by atoms with Crippen molar-refractivity contribution in [1.82, 2.24) is 5.32 Å². The Morgan fingerprint density at radius 1 is 1.05 bits per heavy atom. The van der Waals surface area contributed by atoms with Crippen LogP contribution in [0.3, 0.4) is 0 Å². The number of nitrogens with zero attached hydrogens (tertiary/aromatic N) is 1. The summed E-state index contributed by atoms with van der Waals surface area (Å²) in [7, 11) is 1.26. The van der Waals surface area contributed by atoms with Crippen LogP contribution in [0.25, 0.3) is 0 Å². The number of ether oxygens (including phenoxy) is 1. The van der Waals surface area contributed by atoms with Crippen LogP contribution >= 0.6 is 0 Å². The van der Waals surface area contributed by atoms with Crippen LogP contribution in [0.1, 0.15) is 63.1 Å². The van der Waals surface area contributed by atoms with Crippen molar-refractivity contribution in [2.24, 2.45) is 5.16 Å². The summed E-state index contributed by atoms with van der Waals surface area (Å²) in [5.41, 5.74) is 0.889. The fourth-order valence-electron chi connectivity index (χ4n) is 5.51. The molecule has 4 N–H and O–H groups in total. The lowest BCUT2D eigenvalue weighted by Gasteiger charge is -2.41. The molecule has 10 heteroatoms. The van der Waals surface area contributed by atoms with Gasteiger partial charge in [-0.1, -0.05) is 50.2 Å². The van der Waals surface area contributed by atoms with Gasteiger partial charge in [0.05, 0.1) is 25.0 Å². The van der Waals surface area contributed by atoms with Gasteiger partial charge in [-0.25, -0.2) is 8.78 Å². The molecule has 2 unspecified atom stereocenters. The molecule has 2 atom stereocenters. The maximum Gasteiger partial charge on any atom is 0.271 e. The van der Waals surface area contributed by atoms with Crippen molar-refractivity contribution < 1.29 is 23.8 Å². The smallest absolute Gasteiger partial charge is 0.271 e. The van der Waals surface area contributed by atoms with Crippen LogP contribution in [0.4, 0.5) is 14.5 Å². The third-order valence-corrected chi connectivity index (χ3v) is 8.00. The Morgan fingerprint density at radius 3 is 2.29 bits per heavy atom. The third kappa shape index (κ3) is 6.65. The minimum absolute atomic E-state index is 0.0344. The summed E-state index contributed by atoms with van der Waals surface area (Å²) in [6, 6.07) is 10.5. The maximum absolute atomic E-state index is 14.0. The van der Waals surface area contributed by atoms with E-state index < -0.39 is 40.2 Å². The fourth-order valence-corrected chi connectivity index (χ4v) is 5.51. The average molecular weight is 570 g/mol. The second-order valence-corrected chi connectivity index (χ2v) is 11.8. The SMILES string of the molecule is COc1c(NC(Cc2cc(F)cc(F)c2)C(O)CNC2(c3cccc(C(C)(C)C)c3)CCC(=NO)CC2)c(=O)c1=O. The van der Waals surface area contributed by atoms with Gasteiger partial charge in [-0.3, -0.25) is 9.59 Å². The van der Waals surface area contributed by atoms with Crippen molar-refractivity contribution in [3.05, 3.63) is 91.2 Å². The Labute approximate surface area is 237 Å². The molecule has 3 aromatic carbocycles. The average Bonchev–Trinajstić information content (AvgIpc) is 2.94. The van der Waals surface area contributed by atoms with Crippen molar-refractivity contribution in [2.75, 3.05) is 19.0 Å². The molecule has 0 amide bonds. The zero-order valence-corrected chi connectivity index (χ0v) is 23.8. The second-order valence-electron chi connectivity index (χ2n) is 11.8. The van der Waals surface area contributed by atoms with E-state index in [1.165, 1.54) is 7.11 Å². The highest BCUT2D eigenvalue weighted by Crippen LogP contribution is 2.38. The van der Waals surface area contributed by atoms with Gasteiger partial charge in [-0.15, -0.1) is 0 Å². The van der Waals surface area contributed by atoms with Gasteiger partial charge >= 0.3 is 0 Å². The molecule has 1 aliphatic rings. The summed E-state index contributed by atoms with van der Waals surface area (Å²) in [5.74, 6) is -1.68. The van der Waals surface area contributed by atoms with Gasteiger partial charge in [-0.2, -0.15) is 0 Å². The minimum Gasteiger partial charge on any atom is -0.491 e. The Balaban J connectivity index is 1.63. The highest BCUT2D eigenvalue weighted by atomic mass is 19.1. The third-order valence-electron chi connectivity index (χ3n) is 8.00. The van der Waals surface area contributed by atoms with E-state index in [9.17, 15) is 28.7 Å². The molecule has 8 nitrogen and oxygen atoms in total. The van der Waals surface area contributed by atoms with E-state index in [1.807, 2.05) is 12.1 Å². The first-order chi connectivity index (χ1) is 19.4. The Morgan fingerprint density at radius 2 is 1.71 bits per heavy atom. The lowest BCUT2D eigenvalue weighted by atomic mass is 9.74. The van der Waals surface area contributed by atoms with Crippen LogP contribution in [-0.4, -0.2) is 41.8 Å². The Bertz CT molecular complexity index is 1460. The zero-order valence-electron chi connectivity index (χ0n) is 23.8. The molecular weight excluding hydrogens is 532 g/mol. The number of hydrogen-bond donors (Lipinski definition) is 4. The van der Waals surface area contributed by atoms with Crippen molar-refractivity contribution in [1.29, 1.82) is 0 Å². The maximum atomic E-state index is 14.0. The van der Waals surface area contributed by atoms with Gasteiger partial charge in [0.25, 0.3) is 10.9 Å². The normalized spacial score (nSPS) is 19.1. The summed E-state index contributed by atoms with van der Waals surface area (Å²) in [6.07, 6.45) is 1.17. The largest absolute Gasteiger partial charge is 0.491 e. The highest BCUT2D eigenvalue weighted by Gasteiger charge is 2.37. The number of oxime groups is 1. The molecule has 41 heavy (non-hydrogen) atoms. The van der Waals surface area contributed by atoms with Crippen LogP contribution < -0.4 is 26.2 Å². The van der Waals surface area contributed by atoms with Crippen LogP contribution in [-0.2, 0) is 17.4 Å². The molecule has 0 saturated heterocycles. The van der Waals surface area contributed by atoms with Gasteiger partial charge in [0.15, 0.2) is 5.75 Å². The number of anilines is 1. The topological polar surface area (TPSA) is 120 Å². The molecule has 0 aromatic heterocycles. The summed E-state index contributed by atoms with van der Waals surface area (Å²) < 4.78 is 33.0. The summed E-state index contributed by atoms with van der Waals surface area (Å²) in [5, 5.41) is 30.6. The first kappa shape index (κ1) is 30.3. The molecule has 0 radical (unpaired) electrons. The molecule has 0 spiro atoms. The van der Waals surface area contributed by atoms with E-state index in [4.69, 9.17) is 4.74 Å². The molecular formula is C31H37F2N3O5. The number of halogens is 2. The van der Waals surface area contributed by atoms with Gasteiger partial charge in [0, 0.05) is 18.2 Å². The Hall–Kier alpha value is -3.63. The molecule has 3 aromatic rings. The van der Waals surface area contributed by atoms with Gasteiger partial charge in [0.2, 0.25) is 0 Å². The number of rotatable bonds is 10. The number of hydrogen-bond acceptors (Lipinski definition) is 8. The number of aliphatic hydroxyl groups is 1. The zero-order chi connectivity index (χ0) is 29.9. The van der Waals surface area contributed by atoms with E-state index in [2.05, 4.69) is 48.7 Å². The molecule has 220 valence electrons. The predicted octanol–water partition coefficient (Wildman–Crippen LogP) is 4.14. The number of benzene rings is 2. The summed E-state index contributed by atoms with van der Waals surface area (Å²) in [4.78, 5) is 24.2. The van der Waals surface area contributed by atoms with Crippen molar-refractivity contribution >= 4 is 11.4 Å². The molecule has 1 fully saturated rings. The van der Waals surface area contributed by atoms with E-state index in [-0.39, 0.29) is 35.4 Å². The van der Waals surface area contributed by atoms with Crippen LogP contribution in [0.2, 0.25) is 0 Å². The first-order valence-corrected chi connectivity index (χ1v) is 13.7. The van der Waals surface area contributed by atoms with Crippen molar-refractivity contribution in [3.63, 3.8) is 0 Å². The molecule has 0 heterocycles. The number of aliphatic hydroxyl groups excluding tert-OH is 1. The highest BCUT2D eigenvalue weighted by molar-refractivity contribution is 5.85. The number of nitrogens with one attached hydrogen (secondary N) is 2. The predicted molar refractivity (Wildman–Crippen MR) is 154 cm³/mol. The van der Waals surface area contributed by atoms with Crippen LogP contribution in [0.5, 0.6) is 5.75 Å². The quantitative estimate of drug-likeness (QED) is 0.165. The second kappa shape index (κ2) is 12.1. The molecule has 0 aliphatic heterocycles. The number of methoxy groups -OCH3 is 1. The van der Waals surface area contributed by atoms with Crippen LogP contribution in [0.15, 0.2) is 57.2 Å². The monoisotopic (exact) mass is 569 g/mol. The van der Waals surface area contributed by atoms with E-state index in [0.717, 1.165) is 29.3 Å². The van der Waals surface area contributed by atoms with Gasteiger partial charge in [-0.05, 0) is 66.3 Å². The summed E-state index contributed by atoms with van der Waals surface area (Å²) in [6.45, 7) is 6.45. The Kier molecular flexibility index (Phi) is 8.94. The van der Waals surface area contributed by atoms with Crippen molar-refractivity contribution in [2.45, 2.75) is 76.0 Å². The van der Waals surface area contributed by atoms with Gasteiger partial charge in [0.1, 0.15) is 17.3 Å². The molecule has 1 aliphatic carbocycles. The fraction of sp³-hybridized carbons (Fsp3) is 0.452. The minimum atomic E-state index is -1.15. The standard InChI is InChI=1S/C31H37F2N3O5/c1-30(2,3)19-6-5-7-20(15-19)31(10-8-23(36-40)9-11-31)34-17-25(37)24(14-18-12-21(32)16-22(33)13-18)35-26-27(38)28(39)29(26)41-4/h5-7,12-13,15-16,24-25,34-35,37,40H,8-11,14,17H2,1-4H3.